The van der Waals surface area contributed by atoms with Crippen molar-refractivity contribution in [1.82, 2.24) is 20.6 Å². The van der Waals surface area contributed by atoms with Gasteiger partial charge < -0.3 is 15.5 Å². The second-order valence-corrected chi connectivity index (χ2v) is 8.15. The molecule has 156 valence electrons. The van der Waals surface area contributed by atoms with Crippen molar-refractivity contribution < 1.29 is 0 Å². The van der Waals surface area contributed by atoms with E-state index >= 15 is 0 Å². The number of halogens is 1. The number of pyridine rings is 2. The van der Waals surface area contributed by atoms with Crippen molar-refractivity contribution in [2.24, 2.45) is 10.9 Å². The summed E-state index contributed by atoms with van der Waals surface area (Å²) in [5, 5.41) is 7.68. The fourth-order valence-corrected chi connectivity index (χ4v) is 3.92. The summed E-state index contributed by atoms with van der Waals surface area (Å²) in [4.78, 5) is 15.8. The highest BCUT2D eigenvalue weighted by molar-refractivity contribution is 6.32. The lowest BCUT2D eigenvalue weighted by atomic mass is 9.89. The number of nitrogens with one attached hydrogen (secondary N) is 2. The average molecular weight is 415 g/mol. The van der Waals surface area contributed by atoms with Crippen molar-refractivity contribution in [3.63, 3.8) is 0 Å². The molecule has 1 aliphatic rings. The Morgan fingerprint density at radius 1 is 1.31 bits per heavy atom. The molecule has 0 amide bonds. The molecule has 29 heavy (non-hydrogen) atoms. The number of rotatable bonds is 7. The normalized spacial score (nSPS) is 18.2. The van der Waals surface area contributed by atoms with E-state index < -0.39 is 0 Å². The highest BCUT2D eigenvalue weighted by Gasteiger charge is 2.25. The fraction of sp³-hybridized carbons (Fsp3) is 0.500. The average Bonchev–Trinajstić information content (AvgIpc) is 3.17. The molecular formula is C22H31ClN6. The van der Waals surface area contributed by atoms with E-state index in [4.69, 9.17) is 16.6 Å². The van der Waals surface area contributed by atoms with Gasteiger partial charge in [0.25, 0.3) is 0 Å². The zero-order chi connectivity index (χ0) is 20.6. The topological polar surface area (TPSA) is 65.4 Å². The first-order valence-electron chi connectivity index (χ1n) is 10.4. The predicted octanol–water partition coefficient (Wildman–Crippen LogP) is 3.70. The molecule has 2 N–H and O–H groups in total. The van der Waals surface area contributed by atoms with E-state index in [1.165, 1.54) is 5.56 Å². The van der Waals surface area contributed by atoms with Crippen LogP contribution in [0.5, 0.6) is 0 Å². The lowest BCUT2D eigenvalue weighted by Crippen LogP contribution is -2.45. The zero-order valence-electron chi connectivity index (χ0n) is 17.5. The van der Waals surface area contributed by atoms with Crippen LogP contribution >= 0.6 is 11.6 Å². The number of nitrogens with zero attached hydrogens (tertiary/aromatic N) is 4. The van der Waals surface area contributed by atoms with E-state index in [0.29, 0.717) is 22.9 Å². The molecular weight excluding hydrogens is 384 g/mol. The molecule has 0 spiro atoms. The molecule has 2 unspecified atom stereocenters. The third-order valence-electron chi connectivity index (χ3n) is 5.28. The molecule has 2 aromatic heterocycles. The lowest BCUT2D eigenvalue weighted by Gasteiger charge is -2.22. The first kappa shape index (κ1) is 21.4. The molecule has 1 fully saturated rings. The van der Waals surface area contributed by atoms with Crippen molar-refractivity contribution in [2.45, 2.75) is 39.2 Å². The van der Waals surface area contributed by atoms with Gasteiger partial charge in [-0.3, -0.25) is 9.98 Å². The van der Waals surface area contributed by atoms with Crippen LogP contribution in [0, 0.1) is 5.92 Å². The number of hydrogen-bond donors (Lipinski definition) is 2. The first-order valence-corrected chi connectivity index (χ1v) is 10.8. The van der Waals surface area contributed by atoms with Crippen molar-refractivity contribution in [1.29, 1.82) is 0 Å². The van der Waals surface area contributed by atoms with Gasteiger partial charge in [-0.15, -0.1) is 0 Å². The van der Waals surface area contributed by atoms with Crippen LogP contribution < -0.4 is 15.5 Å². The molecule has 2 aromatic rings. The Morgan fingerprint density at radius 2 is 2.14 bits per heavy atom. The van der Waals surface area contributed by atoms with E-state index in [-0.39, 0.29) is 0 Å². The van der Waals surface area contributed by atoms with E-state index in [1.807, 2.05) is 30.6 Å². The maximum atomic E-state index is 6.31. The Hall–Kier alpha value is -2.34. The number of anilines is 1. The van der Waals surface area contributed by atoms with Gasteiger partial charge in [-0.05, 0) is 43.0 Å². The molecule has 1 aliphatic heterocycles. The van der Waals surface area contributed by atoms with Crippen molar-refractivity contribution in [3.05, 3.63) is 53.4 Å². The van der Waals surface area contributed by atoms with Gasteiger partial charge in [-0.1, -0.05) is 31.5 Å². The molecule has 3 rings (SSSR count). The van der Waals surface area contributed by atoms with E-state index in [2.05, 4.69) is 52.3 Å². The predicted molar refractivity (Wildman–Crippen MR) is 121 cm³/mol. The van der Waals surface area contributed by atoms with E-state index in [0.717, 1.165) is 44.4 Å². The minimum Gasteiger partial charge on any atom is -0.357 e. The molecule has 0 aromatic carbocycles. The molecule has 0 radical (unpaired) electrons. The Bertz CT molecular complexity index is 795. The molecule has 0 saturated carbocycles. The number of aliphatic imine (C=N–C) groups is 1. The minimum absolute atomic E-state index is 0.307. The summed E-state index contributed by atoms with van der Waals surface area (Å²) in [6, 6.07) is 8.19. The second kappa shape index (κ2) is 10.4. The van der Waals surface area contributed by atoms with Crippen molar-refractivity contribution in [3.8, 4) is 0 Å². The SMILES string of the molecule is CCNC(=NCC(c1cccnc1)C(C)C)NC1CCN(c2ncccc2Cl)C1. The standard InChI is InChI=1S/C22H31ClN6/c1-4-25-22(27-14-19(16(2)3)17-7-5-10-24-13-17)28-18-9-12-29(15-18)21-20(23)8-6-11-26-21/h5-8,10-11,13,16,18-19H,4,9,12,14-15H2,1-3H3,(H2,25,27,28). The van der Waals surface area contributed by atoms with Gasteiger partial charge in [-0.2, -0.15) is 0 Å². The summed E-state index contributed by atoms with van der Waals surface area (Å²) in [6.45, 7) is 9.90. The Balaban J connectivity index is 1.64. The number of hydrogen-bond acceptors (Lipinski definition) is 4. The third kappa shape index (κ3) is 5.82. The van der Waals surface area contributed by atoms with Gasteiger partial charge in [0.05, 0.1) is 5.02 Å². The lowest BCUT2D eigenvalue weighted by molar-refractivity contribution is 0.503. The largest absolute Gasteiger partial charge is 0.357 e. The Kier molecular flexibility index (Phi) is 7.69. The minimum atomic E-state index is 0.307. The van der Waals surface area contributed by atoms with Gasteiger partial charge in [0.2, 0.25) is 0 Å². The van der Waals surface area contributed by atoms with Gasteiger partial charge in [0.1, 0.15) is 5.82 Å². The van der Waals surface area contributed by atoms with Crippen LogP contribution in [-0.2, 0) is 0 Å². The molecule has 0 bridgehead atoms. The quantitative estimate of drug-likeness (QED) is 0.534. The molecule has 6 nitrogen and oxygen atoms in total. The van der Waals surface area contributed by atoms with Crippen LogP contribution in [0.25, 0.3) is 0 Å². The smallest absolute Gasteiger partial charge is 0.191 e. The summed E-state index contributed by atoms with van der Waals surface area (Å²) >= 11 is 6.31. The fourth-order valence-electron chi connectivity index (χ4n) is 3.68. The molecule has 0 aliphatic carbocycles. The maximum Gasteiger partial charge on any atom is 0.191 e. The molecule has 1 saturated heterocycles. The van der Waals surface area contributed by atoms with Crippen LogP contribution in [0.4, 0.5) is 5.82 Å². The summed E-state index contributed by atoms with van der Waals surface area (Å²) in [5.74, 6) is 2.54. The molecule has 3 heterocycles. The summed E-state index contributed by atoms with van der Waals surface area (Å²) in [5.41, 5.74) is 1.24. The Labute approximate surface area is 178 Å². The Morgan fingerprint density at radius 3 is 2.83 bits per heavy atom. The summed E-state index contributed by atoms with van der Waals surface area (Å²) in [6.07, 6.45) is 6.58. The highest BCUT2D eigenvalue weighted by atomic mass is 35.5. The monoisotopic (exact) mass is 414 g/mol. The maximum absolute atomic E-state index is 6.31. The molecule has 7 heteroatoms. The zero-order valence-corrected chi connectivity index (χ0v) is 18.2. The van der Waals surface area contributed by atoms with Gasteiger partial charge in [-0.25, -0.2) is 4.98 Å². The van der Waals surface area contributed by atoms with Gasteiger partial charge >= 0.3 is 0 Å². The van der Waals surface area contributed by atoms with Crippen molar-refractivity contribution in [2.75, 3.05) is 31.1 Å². The van der Waals surface area contributed by atoms with Crippen LogP contribution in [0.3, 0.4) is 0 Å². The summed E-state index contributed by atoms with van der Waals surface area (Å²) < 4.78 is 0. The second-order valence-electron chi connectivity index (χ2n) is 7.74. The van der Waals surface area contributed by atoms with Gasteiger partial charge in [0.15, 0.2) is 5.96 Å². The van der Waals surface area contributed by atoms with Crippen LogP contribution in [0.2, 0.25) is 5.02 Å². The van der Waals surface area contributed by atoms with Gasteiger partial charge in [0, 0.05) is 56.7 Å². The van der Waals surface area contributed by atoms with Crippen LogP contribution in [-0.4, -0.2) is 48.1 Å². The third-order valence-corrected chi connectivity index (χ3v) is 5.57. The summed E-state index contributed by atoms with van der Waals surface area (Å²) in [7, 11) is 0. The van der Waals surface area contributed by atoms with Crippen LogP contribution in [0.15, 0.2) is 47.8 Å². The number of guanidine groups is 1. The van der Waals surface area contributed by atoms with E-state index in [1.54, 1.807) is 6.20 Å². The van der Waals surface area contributed by atoms with Crippen molar-refractivity contribution >= 4 is 23.4 Å². The molecule has 2 atom stereocenters. The first-order chi connectivity index (χ1) is 14.1. The van der Waals surface area contributed by atoms with E-state index in [9.17, 15) is 0 Å². The number of aromatic nitrogens is 2. The highest BCUT2D eigenvalue weighted by Crippen LogP contribution is 2.26. The van der Waals surface area contributed by atoms with Crippen LogP contribution in [0.1, 0.15) is 38.7 Å².